The molecular weight excluding hydrogens is 310 g/mol. The van der Waals surface area contributed by atoms with Crippen LogP contribution >= 0.6 is 23.1 Å². The number of nitrogens with zero attached hydrogens (tertiary/aromatic N) is 2. The van der Waals surface area contributed by atoms with Crippen LogP contribution in [0.1, 0.15) is 18.5 Å². The summed E-state index contributed by atoms with van der Waals surface area (Å²) in [4.78, 5) is 27.3. The van der Waals surface area contributed by atoms with E-state index in [1.54, 1.807) is 0 Å². The van der Waals surface area contributed by atoms with E-state index in [0.717, 1.165) is 22.7 Å². The van der Waals surface area contributed by atoms with Gasteiger partial charge in [0.1, 0.15) is 0 Å². The molecule has 0 aromatic carbocycles. The van der Waals surface area contributed by atoms with Crippen LogP contribution in [0.5, 0.6) is 0 Å². The summed E-state index contributed by atoms with van der Waals surface area (Å²) in [7, 11) is 0. The highest BCUT2D eigenvalue weighted by Crippen LogP contribution is 2.31. The normalized spacial score (nSPS) is 13.3. The van der Waals surface area contributed by atoms with Crippen molar-refractivity contribution < 1.29 is 9.59 Å². The number of anilines is 1. The van der Waals surface area contributed by atoms with Gasteiger partial charge in [-0.3, -0.25) is 4.79 Å². The van der Waals surface area contributed by atoms with E-state index in [4.69, 9.17) is 5.26 Å². The number of rotatable bonds is 6. The molecule has 1 aromatic rings. The Balaban J connectivity index is 1.76. The molecule has 0 saturated heterocycles. The van der Waals surface area contributed by atoms with Crippen molar-refractivity contribution >= 4 is 40.2 Å². The number of urea groups is 1. The molecule has 3 amide bonds. The van der Waals surface area contributed by atoms with E-state index in [9.17, 15) is 9.59 Å². The van der Waals surface area contributed by atoms with Crippen molar-refractivity contribution in [1.29, 1.82) is 5.26 Å². The van der Waals surface area contributed by atoms with Gasteiger partial charge in [-0.25, -0.2) is 9.78 Å². The molecule has 1 saturated carbocycles. The Kier molecular flexibility index (Phi) is 5.41. The molecule has 2 rings (SSSR count). The van der Waals surface area contributed by atoms with Crippen LogP contribution in [-0.4, -0.2) is 35.3 Å². The third kappa shape index (κ3) is 5.24. The van der Waals surface area contributed by atoms with Crippen molar-refractivity contribution in [3.05, 3.63) is 5.69 Å². The minimum absolute atomic E-state index is 0.0994. The molecule has 1 aromatic heterocycles. The van der Waals surface area contributed by atoms with Crippen LogP contribution in [0.4, 0.5) is 9.93 Å². The quantitative estimate of drug-likeness (QED) is 0.687. The van der Waals surface area contributed by atoms with Crippen LogP contribution in [0.15, 0.2) is 4.21 Å². The van der Waals surface area contributed by atoms with E-state index in [0.29, 0.717) is 10.9 Å². The summed E-state index contributed by atoms with van der Waals surface area (Å²) in [5.41, 5.74) is 0.787. The fourth-order valence-corrected chi connectivity index (χ4v) is 3.27. The first kappa shape index (κ1) is 15.6. The van der Waals surface area contributed by atoms with Crippen LogP contribution in [-0.2, 0) is 4.79 Å². The number of nitrogens with one attached hydrogen (secondary N) is 3. The zero-order valence-electron chi connectivity index (χ0n) is 11.4. The molecule has 21 heavy (non-hydrogen) atoms. The third-order valence-corrected chi connectivity index (χ3v) is 4.89. The maximum Gasteiger partial charge on any atom is 0.315 e. The van der Waals surface area contributed by atoms with Crippen molar-refractivity contribution in [2.24, 2.45) is 0 Å². The Morgan fingerprint density at radius 3 is 2.95 bits per heavy atom. The minimum Gasteiger partial charge on any atom is -0.335 e. The number of aryl methyl sites for hydroxylation is 1. The lowest BCUT2D eigenvalue weighted by molar-refractivity contribution is -0.115. The summed E-state index contributed by atoms with van der Waals surface area (Å²) < 4.78 is 0.909. The largest absolute Gasteiger partial charge is 0.335 e. The van der Waals surface area contributed by atoms with E-state index in [1.165, 1.54) is 23.1 Å². The third-order valence-electron chi connectivity index (χ3n) is 2.59. The summed E-state index contributed by atoms with van der Waals surface area (Å²) in [6.45, 7) is 1.73. The van der Waals surface area contributed by atoms with Crippen LogP contribution < -0.4 is 16.0 Å². The fraction of sp³-hybridized carbons (Fsp3) is 0.500. The molecule has 0 atom stereocenters. The zero-order valence-corrected chi connectivity index (χ0v) is 13.1. The van der Waals surface area contributed by atoms with E-state index < -0.39 is 0 Å². The molecule has 7 nitrogen and oxygen atoms in total. The number of carbonyl (C=O) groups is 2. The Morgan fingerprint density at radius 1 is 1.52 bits per heavy atom. The molecule has 9 heteroatoms. The fourth-order valence-electron chi connectivity index (χ4n) is 1.46. The Morgan fingerprint density at radius 2 is 2.29 bits per heavy atom. The van der Waals surface area contributed by atoms with Crippen LogP contribution in [0.25, 0.3) is 0 Å². The summed E-state index contributed by atoms with van der Waals surface area (Å²) >= 11 is 2.71. The van der Waals surface area contributed by atoms with Gasteiger partial charge in [-0.2, -0.15) is 5.26 Å². The molecule has 0 unspecified atom stereocenters. The average molecular weight is 325 g/mol. The van der Waals surface area contributed by atoms with Gasteiger partial charge in [0, 0.05) is 6.04 Å². The van der Waals surface area contributed by atoms with E-state index in [2.05, 4.69) is 20.9 Å². The molecule has 0 spiro atoms. The van der Waals surface area contributed by atoms with Gasteiger partial charge in [-0.05, 0) is 19.8 Å². The maximum atomic E-state index is 11.7. The lowest BCUT2D eigenvalue weighted by Gasteiger charge is -2.05. The van der Waals surface area contributed by atoms with Crippen molar-refractivity contribution in [3.63, 3.8) is 0 Å². The Bertz CT molecular complexity index is 577. The number of hydrogen-bond acceptors (Lipinski definition) is 6. The van der Waals surface area contributed by atoms with Gasteiger partial charge in [0.15, 0.2) is 5.13 Å². The summed E-state index contributed by atoms with van der Waals surface area (Å²) in [5, 5.41) is 16.9. The minimum atomic E-state index is -0.327. The van der Waals surface area contributed by atoms with Crippen molar-refractivity contribution in [1.82, 2.24) is 15.6 Å². The lowest BCUT2D eigenvalue weighted by Crippen LogP contribution is -2.40. The van der Waals surface area contributed by atoms with Gasteiger partial charge in [0.2, 0.25) is 5.91 Å². The number of thiazole rings is 1. The molecule has 1 aliphatic carbocycles. The van der Waals surface area contributed by atoms with Crippen molar-refractivity contribution in [3.8, 4) is 6.07 Å². The highest BCUT2D eigenvalue weighted by atomic mass is 32.2. The first-order valence-electron chi connectivity index (χ1n) is 6.40. The molecule has 1 heterocycles. The Labute approximate surface area is 130 Å². The molecule has 3 N–H and O–H groups in total. The molecule has 112 valence electrons. The van der Waals surface area contributed by atoms with Gasteiger partial charge >= 0.3 is 6.03 Å². The first-order valence-corrected chi connectivity index (χ1v) is 8.20. The zero-order chi connectivity index (χ0) is 15.2. The number of amides is 3. The number of hydrogen-bond donors (Lipinski definition) is 3. The lowest BCUT2D eigenvalue weighted by atomic mass is 10.5. The summed E-state index contributed by atoms with van der Waals surface area (Å²) in [6, 6.07) is 1.98. The van der Waals surface area contributed by atoms with Crippen molar-refractivity contribution in [2.75, 3.05) is 17.6 Å². The van der Waals surface area contributed by atoms with Crippen LogP contribution in [0.3, 0.4) is 0 Å². The monoisotopic (exact) mass is 325 g/mol. The molecular formula is C12H15N5O2S2. The summed E-state index contributed by atoms with van der Waals surface area (Å²) in [6.07, 6.45) is 2.00. The number of carbonyl (C=O) groups excluding carboxylic acids is 2. The van der Waals surface area contributed by atoms with E-state index in [-0.39, 0.29) is 24.5 Å². The van der Waals surface area contributed by atoms with Gasteiger partial charge in [-0.15, -0.1) is 0 Å². The van der Waals surface area contributed by atoms with Crippen molar-refractivity contribution in [2.45, 2.75) is 30.0 Å². The maximum absolute atomic E-state index is 11.7. The predicted octanol–water partition coefficient (Wildman–Crippen LogP) is 1.47. The first-order chi connectivity index (χ1) is 10.1. The van der Waals surface area contributed by atoms with E-state index in [1.807, 2.05) is 13.0 Å². The number of nitriles is 1. The average Bonchev–Trinajstić information content (AvgIpc) is 3.18. The second-order valence-corrected chi connectivity index (χ2v) is 6.73. The Hall–Kier alpha value is -1.79. The van der Waals surface area contributed by atoms with E-state index >= 15 is 0 Å². The van der Waals surface area contributed by atoms with Crippen LogP contribution in [0.2, 0.25) is 0 Å². The molecule has 1 fully saturated rings. The highest BCUT2D eigenvalue weighted by Gasteiger charge is 2.23. The predicted molar refractivity (Wildman–Crippen MR) is 81.4 cm³/mol. The molecule has 0 radical (unpaired) electrons. The molecule has 1 aliphatic rings. The second kappa shape index (κ2) is 7.28. The standard InChI is InChI=1S/C12H15N5O2S2/c1-7-10(20-5-4-13)21-12(15-7)17-9(18)6-14-11(19)16-8-2-3-8/h8H,2-3,5-6H2,1H3,(H2,14,16,19)(H,15,17,18). The number of aromatic nitrogens is 1. The smallest absolute Gasteiger partial charge is 0.315 e. The number of thioether (sulfide) groups is 1. The van der Waals surface area contributed by atoms with Gasteiger partial charge in [0.05, 0.1) is 28.3 Å². The summed E-state index contributed by atoms with van der Waals surface area (Å²) in [5.74, 6) is 0.0193. The van der Waals surface area contributed by atoms with Gasteiger partial charge < -0.3 is 16.0 Å². The van der Waals surface area contributed by atoms with Gasteiger partial charge in [-0.1, -0.05) is 23.1 Å². The van der Waals surface area contributed by atoms with Crippen LogP contribution in [0, 0.1) is 18.3 Å². The molecule has 0 bridgehead atoms. The second-order valence-electron chi connectivity index (χ2n) is 4.49. The molecule has 0 aliphatic heterocycles. The topological polar surface area (TPSA) is 107 Å². The highest BCUT2D eigenvalue weighted by molar-refractivity contribution is 8.01. The SMILES string of the molecule is Cc1nc(NC(=O)CNC(=O)NC2CC2)sc1SCC#N. The van der Waals surface area contributed by atoms with Gasteiger partial charge in [0.25, 0.3) is 0 Å².